The fourth-order valence-electron chi connectivity index (χ4n) is 4.12. The van der Waals surface area contributed by atoms with Gasteiger partial charge in [0.1, 0.15) is 0 Å². The number of hydrogen-bond acceptors (Lipinski definition) is 4. The first-order valence-electron chi connectivity index (χ1n) is 10.8. The molecule has 0 radical (unpaired) electrons. The highest BCUT2D eigenvalue weighted by molar-refractivity contribution is 8.14. The van der Waals surface area contributed by atoms with Crippen LogP contribution in [0.25, 0.3) is 0 Å². The highest BCUT2D eigenvalue weighted by atomic mass is 32.2. The van der Waals surface area contributed by atoms with Crippen molar-refractivity contribution >= 4 is 40.1 Å². The zero-order valence-corrected chi connectivity index (χ0v) is 19.8. The summed E-state index contributed by atoms with van der Waals surface area (Å²) in [6, 6.07) is 38.3. The van der Waals surface area contributed by atoms with Gasteiger partial charge in [-0.25, -0.2) is 4.99 Å². The van der Waals surface area contributed by atoms with E-state index >= 15 is 0 Å². The van der Waals surface area contributed by atoms with E-state index in [4.69, 9.17) is 4.99 Å². The summed E-state index contributed by atoms with van der Waals surface area (Å²) in [6.45, 7) is 0. The van der Waals surface area contributed by atoms with Crippen molar-refractivity contribution in [3.63, 3.8) is 0 Å². The van der Waals surface area contributed by atoms with Gasteiger partial charge in [-0.3, -0.25) is 4.90 Å². The first-order chi connectivity index (χ1) is 16.2. The summed E-state index contributed by atoms with van der Waals surface area (Å²) < 4.78 is 0. The second-order valence-corrected chi connectivity index (χ2v) is 9.72. The molecular weight excluding hydrogens is 444 g/mol. The molecule has 1 saturated heterocycles. The van der Waals surface area contributed by atoms with Crippen LogP contribution < -0.4 is 4.90 Å². The van der Waals surface area contributed by atoms with Crippen LogP contribution in [-0.2, 0) is 5.72 Å². The Balaban J connectivity index is 1.73. The third-order valence-electron chi connectivity index (χ3n) is 5.73. The van der Waals surface area contributed by atoms with Crippen LogP contribution in [0, 0.1) is 0 Å². The Bertz CT molecular complexity index is 1230. The third-order valence-corrected chi connectivity index (χ3v) is 7.80. The monoisotopic (exact) mass is 468 g/mol. The maximum absolute atomic E-state index is 12.6. The Labute approximate surface area is 203 Å². The predicted molar refractivity (Wildman–Crippen MR) is 141 cm³/mol. The second-order valence-electron chi connectivity index (χ2n) is 7.76. The van der Waals surface area contributed by atoms with Gasteiger partial charge in [0.15, 0.2) is 10.9 Å². The lowest BCUT2D eigenvalue weighted by molar-refractivity contribution is 0.0482. The molecule has 4 aromatic carbocycles. The summed E-state index contributed by atoms with van der Waals surface area (Å²) in [5.74, 6) is 0. The van der Waals surface area contributed by atoms with Crippen molar-refractivity contribution in [1.82, 2.24) is 0 Å². The standard InChI is InChI=1S/C28H24N2OS2/c1-32-25-19-17-22(18-20-25)28(31)26(21-11-5-2-6-12-21)33-27(29-23-13-7-3-8-14-23)30(28)24-15-9-4-10-16-24/h2-20,26,31H,1H3/t26-,28+/m1/s1. The topological polar surface area (TPSA) is 35.8 Å². The molecule has 2 atom stereocenters. The number of anilines is 1. The number of hydrogen-bond donors (Lipinski definition) is 1. The number of rotatable bonds is 5. The number of nitrogens with zero attached hydrogens (tertiary/aromatic N) is 2. The number of benzene rings is 4. The first-order valence-corrected chi connectivity index (χ1v) is 12.9. The van der Waals surface area contributed by atoms with Crippen molar-refractivity contribution in [3.8, 4) is 0 Å². The minimum absolute atomic E-state index is 0.263. The molecule has 3 nitrogen and oxygen atoms in total. The predicted octanol–water partition coefficient (Wildman–Crippen LogP) is 7.24. The maximum Gasteiger partial charge on any atom is 0.187 e. The van der Waals surface area contributed by atoms with Gasteiger partial charge in [0.2, 0.25) is 0 Å². The highest BCUT2D eigenvalue weighted by Crippen LogP contribution is 2.56. The normalized spacial score (nSPS) is 21.5. The molecule has 0 unspecified atom stereocenters. The number of aliphatic hydroxyl groups is 1. The maximum atomic E-state index is 12.6. The van der Waals surface area contributed by atoms with Crippen molar-refractivity contribution in [2.75, 3.05) is 11.2 Å². The van der Waals surface area contributed by atoms with Crippen LogP contribution in [0.2, 0.25) is 0 Å². The smallest absolute Gasteiger partial charge is 0.187 e. The van der Waals surface area contributed by atoms with Gasteiger partial charge >= 0.3 is 0 Å². The van der Waals surface area contributed by atoms with E-state index in [1.807, 2.05) is 95.9 Å². The van der Waals surface area contributed by atoms with Gasteiger partial charge in [-0.05, 0) is 48.2 Å². The van der Waals surface area contributed by atoms with E-state index in [1.54, 1.807) is 23.5 Å². The van der Waals surface area contributed by atoms with Gasteiger partial charge in [-0.2, -0.15) is 0 Å². The van der Waals surface area contributed by atoms with Crippen molar-refractivity contribution < 1.29 is 5.11 Å². The summed E-state index contributed by atoms with van der Waals surface area (Å²) in [6.07, 6.45) is 2.06. The highest BCUT2D eigenvalue weighted by Gasteiger charge is 2.54. The van der Waals surface area contributed by atoms with E-state index in [9.17, 15) is 5.11 Å². The zero-order chi connectivity index (χ0) is 22.7. The van der Waals surface area contributed by atoms with E-state index < -0.39 is 5.72 Å². The lowest BCUT2D eigenvalue weighted by atomic mass is 9.92. The van der Waals surface area contributed by atoms with E-state index in [1.165, 1.54) is 0 Å². The molecule has 0 spiro atoms. The largest absolute Gasteiger partial charge is 0.365 e. The number of amidine groups is 1. The van der Waals surface area contributed by atoms with E-state index in [-0.39, 0.29) is 5.25 Å². The molecule has 0 bridgehead atoms. The second kappa shape index (κ2) is 9.48. The van der Waals surface area contributed by atoms with Gasteiger partial charge in [0, 0.05) is 16.1 Å². The van der Waals surface area contributed by atoms with Crippen molar-refractivity contribution in [1.29, 1.82) is 0 Å². The van der Waals surface area contributed by atoms with E-state index in [2.05, 4.69) is 30.5 Å². The Hall–Kier alpha value is -2.99. The summed E-state index contributed by atoms with van der Waals surface area (Å²) in [7, 11) is 0. The molecule has 1 heterocycles. The molecule has 0 aliphatic carbocycles. The average molecular weight is 469 g/mol. The molecule has 1 fully saturated rings. The summed E-state index contributed by atoms with van der Waals surface area (Å²) in [4.78, 5) is 8.13. The number of para-hydroxylation sites is 2. The molecule has 0 saturated carbocycles. The van der Waals surface area contributed by atoms with Gasteiger partial charge in [0.25, 0.3) is 0 Å². The van der Waals surface area contributed by atoms with Crippen LogP contribution in [0.15, 0.2) is 125 Å². The molecule has 5 rings (SSSR count). The van der Waals surface area contributed by atoms with Crippen molar-refractivity contribution in [3.05, 3.63) is 126 Å². The SMILES string of the molecule is CSc1ccc([C@]2(O)[C@@H](c3ccccc3)SC(=Nc3ccccc3)N2c2ccccc2)cc1. The van der Waals surface area contributed by atoms with Crippen LogP contribution in [0.1, 0.15) is 16.4 Å². The first kappa shape index (κ1) is 21.8. The van der Waals surface area contributed by atoms with Crippen LogP contribution in [0.3, 0.4) is 0 Å². The molecular formula is C28H24N2OS2. The minimum Gasteiger partial charge on any atom is -0.365 e. The number of aliphatic imine (C=N–C) groups is 1. The van der Waals surface area contributed by atoms with E-state index in [0.29, 0.717) is 0 Å². The Morgan fingerprint density at radius 1 is 0.788 bits per heavy atom. The van der Waals surface area contributed by atoms with Crippen LogP contribution in [0.4, 0.5) is 11.4 Å². The molecule has 1 aliphatic heterocycles. The van der Waals surface area contributed by atoms with Crippen LogP contribution in [-0.4, -0.2) is 16.5 Å². The van der Waals surface area contributed by atoms with Crippen molar-refractivity contribution in [2.45, 2.75) is 15.9 Å². The van der Waals surface area contributed by atoms with Gasteiger partial charge in [-0.1, -0.05) is 90.6 Å². The molecule has 1 N–H and O–H groups in total. The molecule has 0 aromatic heterocycles. The average Bonchev–Trinajstić information content (AvgIpc) is 3.18. The fraction of sp³-hybridized carbons (Fsp3) is 0.107. The summed E-state index contributed by atoms with van der Waals surface area (Å²) in [5, 5.41) is 13.1. The fourth-order valence-corrected chi connectivity index (χ4v) is 5.95. The quantitative estimate of drug-likeness (QED) is 0.313. The lowest BCUT2D eigenvalue weighted by Gasteiger charge is -2.38. The van der Waals surface area contributed by atoms with E-state index in [0.717, 1.165) is 32.6 Å². The summed E-state index contributed by atoms with van der Waals surface area (Å²) in [5.41, 5.74) is 2.32. The Morgan fingerprint density at radius 2 is 1.36 bits per heavy atom. The molecule has 5 heteroatoms. The van der Waals surface area contributed by atoms with Gasteiger partial charge < -0.3 is 5.11 Å². The van der Waals surface area contributed by atoms with Crippen LogP contribution in [0.5, 0.6) is 0 Å². The van der Waals surface area contributed by atoms with Gasteiger partial charge in [0.05, 0.1) is 10.9 Å². The molecule has 1 aliphatic rings. The number of thioether (sulfide) groups is 2. The van der Waals surface area contributed by atoms with Crippen molar-refractivity contribution in [2.24, 2.45) is 4.99 Å². The molecule has 164 valence electrons. The lowest BCUT2D eigenvalue weighted by Crippen LogP contribution is -2.46. The minimum atomic E-state index is -1.32. The summed E-state index contributed by atoms with van der Waals surface area (Å²) >= 11 is 3.29. The van der Waals surface area contributed by atoms with Crippen LogP contribution >= 0.6 is 23.5 Å². The van der Waals surface area contributed by atoms with Gasteiger partial charge in [-0.15, -0.1) is 11.8 Å². The Morgan fingerprint density at radius 3 is 1.97 bits per heavy atom. The molecule has 0 amide bonds. The zero-order valence-electron chi connectivity index (χ0n) is 18.2. The molecule has 33 heavy (non-hydrogen) atoms. The Kier molecular flexibility index (Phi) is 6.27. The molecule has 4 aromatic rings. The third kappa shape index (κ3) is 4.20.